The number of carbonyl (C=O) groups excluding carboxylic acids is 1. The standard InChI is InChI=1S/C5H4ClNO4S2/c1-11-4(8)3-2-7-5(12-3)13(6,9)10/h2H,1H3. The van der Waals surface area contributed by atoms with Gasteiger partial charge in [0.25, 0.3) is 9.05 Å². The first kappa shape index (κ1) is 10.4. The Balaban J connectivity index is 3.07. The first-order valence-corrected chi connectivity index (χ1v) is 6.06. The SMILES string of the molecule is COC(=O)c1cnc(S(=O)(=O)Cl)s1. The van der Waals surface area contributed by atoms with Crippen LogP contribution in [-0.2, 0) is 13.8 Å². The van der Waals surface area contributed by atoms with Crippen LogP contribution in [0.3, 0.4) is 0 Å². The Hall–Kier alpha value is -0.660. The van der Waals surface area contributed by atoms with E-state index < -0.39 is 15.0 Å². The second kappa shape index (κ2) is 3.60. The molecule has 0 saturated heterocycles. The highest BCUT2D eigenvalue weighted by atomic mass is 35.7. The molecule has 0 saturated carbocycles. The van der Waals surface area contributed by atoms with Crippen LogP contribution in [0, 0.1) is 0 Å². The summed E-state index contributed by atoms with van der Waals surface area (Å²) in [6, 6.07) is 0. The van der Waals surface area contributed by atoms with Gasteiger partial charge in [-0.15, -0.1) is 0 Å². The van der Waals surface area contributed by atoms with Gasteiger partial charge in [-0.05, 0) is 0 Å². The van der Waals surface area contributed by atoms with E-state index in [1.165, 1.54) is 7.11 Å². The minimum absolute atomic E-state index is 0.0988. The molecule has 0 spiro atoms. The molecule has 0 atom stereocenters. The number of hydrogen-bond donors (Lipinski definition) is 0. The normalized spacial score (nSPS) is 11.2. The quantitative estimate of drug-likeness (QED) is 0.567. The van der Waals surface area contributed by atoms with Crippen LogP contribution in [0.5, 0.6) is 0 Å². The highest BCUT2D eigenvalue weighted by Crippen LogP contribution is 2.21. The molecule has 0 amide bonds. The summed E-state index contributed by atoms with van der Waals surface area (Å²) in [6.07, 6.45) is 1.10. The highest BCUT2D eigenvalue weighted by Gasteiger charge is 2.18. The number of rotatable bonds is 2. The van der Waals surface area contributed by atoms with E-state index in [1.807, 2.05) is 0 Å². The van der Waals surface area contributed by atoms with Gasteiger partial charge >= 0.3 is 5.97 Å². The number of carbonyl (C=O) groups is 1. The molecule has 1 aromatic rings. The number of methoxy groups -OCH3 is 1. The van der Waals surface area contributed by atoms with Gasteiger partial charge in [0.05, 0.1) is 13.3 Å². The number of nitrogens with zero attached hydrogens (tertiary/aromatic N) is 1. The van der Waals surface area contributed by atoms with Gasteiger partial charge in [-0.25, -0.2) is 18.2 Å². The molecule has 5 nitrogen and oxygen atoms in total. The largest absolute Gasteiger partial charge is 0.465 e. The van der Waals surface area contributed by atoms with E-state index in [2.05, 4.69) is 9.72 Å². The molecule has 0 aliphatic heterocycles. The van der Waals surface area contributed by atoms with Crippen LogP contribution in [0.15, 0.2) is 10.5 Å². The monoisotopic (exact) mass is 241 g/mol. The van der Waals surface area contributed by atoms with E-state index in [-0.39, 0.29) is 9.22 Å². The van der Waals surface area contributed by atoms with E-state index >= 15 is 0 Å². The molecule has 0 aliphatic rings. The minimum Gasteiger partial charge on any atom is -0.465 e. The molecule has 8 heteroatoms. The molecule has 0 aromatic carbocycles. The lowest BCUT2D eigenvalue weighted by Crippen LogP contribution is -1.96. The molecule has 0 radical (unpaired) electrons. The Morgan fingerprint density at radius 1 is 1.69 bits per heavy atom. The van der Waals surface area contributed by atoms with Crippen molar-refractivity contribution in [1.82, 2.24) is 4.98 Å². The van der Waals surface area contributed by atoms with Gasteiger partial charge in [0.1, 0.15) is 4.88 Å². The van der Waals surface area contributed by atoms with E-state index in [9.17, 15) is 13.2 Å². The topological polar surface area (TPSA) is 73.3 Å². The number of aromatic nitrogens is 1. The summed E-state index contributed by atoms with van der Waals surface area (Å²) in [4.78, 5) is 14.4. The van der Waals surface area contributed by atoms with E-state index in [1.54, 1.807) is 0 Å². The third kappa shape index (κ3) is 2.39. The maximum Gasteiger partial charge on any atom is 0.349 e. The number of thiazole rings is 1. The first-order valence-electron chi connectivity index (χ1n) is 2.94. The number of ether oxygens (including phenoxy) is 1. The van der Waals surface area contributed by atoms with Crippen molar-refractivity contribution in [1.29, 1.82) is 0 Å². The maximum atomic E-state index is 10.9. The van der Waals surface area contributed by atoms with E-state index in [0.29, 0.717) is 11.3 Å². The van der Waals surface area contributed by atoms with E-state index in [0.717, 1.165) is 6.20 Å². The molecular weight excluding hydrogens is 238 g/mol. The van der Waals surface area contributed by atoms with Crippen molar-refractivity contribution in [3.05, 3.63) is 11.1 Å². The van der Waals surface area contributed by atoms with Crippen LogP contribution in [0.25, 0.3) is 0 Å². The van der Waals surface area contributed by atoms with Gasteiger partial charge < -0.3 is 4.74 Å². The van der Waals surface area contributed by atoms with Crippen molar-refractivity contribution < 1.29 is 17.9 Å². The smallest absolute Gasteiger partial charge is 0.349 e. The minimum atomic E-state index is -3.85. The molecule has 0 unspecified atom stereocenters. The van der Waals surface area contributed by atoms with Crippen molar-refractivity contribution in [3.8, 4) is 0 Å². The lowest BCUT2D eigenvalue weighted by Gasteiger charge is -1.90. The third-order valence-corrected chi connectivity index (χ3v) is 4.00. The van der Waals surface area contributed by atoms with E-state index in [4.69, 9.17) is 10.7 Å². The molecule has 1 rings (SSSR count). The van der Waals surface area contributed by atoms with Crippen LogP contribution in [0.1, 0.15) is 9.67 Å². The summed E-state index contributed by atoms with van der Waals surface area (Å²) < 4.78 is 25.5. The summed E-state index contributed by atoms with van der Waals surface area (Å²) in [5.41, 5.74) is 0. The highest BCUT2D eigenvalue weighted by molar-refractivity contribution is 8.14. The summed E-state index contributed by atoms with van der Waals surface area (Å²) >= 11 is 0.667. The zero-order valence-electron chi connectivity index (χ0n) is 6.35. The average Bonchev–Trinajstić information content (AvgIpc) is 2.50. The lowest BCUT2D eigenvalue weighted by atomic mass is 10.6. The Bertz CT molecular complexity index is 423. The lowest BCUT2D eigenvalue weighted by molar-refractivity contribution is 0.0606. The van der Waals surface area contributed by atoms with Gasteiger partial charge in [-0.2, -0.15) is 0 Å². The molecule has 13 heavy (non-hydrogen) atoms. The van der Waals surface area contributed by atoms with Crippen LogP contribution in [0.4, 0.5) is 0 Å². The van der Waals surface area contributed by atoms with Crippen LogP contribution in [0.2, 0.25) is 0 Å². The number of esters is 1. The first-order chi connectivity index (χ1) is 5.95. The molecule has 72 valence electrons. The Morgan fingerprint density at radius 2 is 2.31 bits per heavy atom. The molecule has 0 aliphatic carbocycles. The number of hydrogen-bond acceptors (Lipinski definition) is 6. The molecule has 0 N–H and O–H groups in total. The van der Waals surface area contributed by atoms with Crippen molar-refractivity contribution in [3.63, 3.8) is 0 Å². The zero-order chi connectivity index (χ0) is 10.1. The Labute approximate surface area is 82.7 Å². The van der Waals surface area contributed by atoms with Crippen molar-refractivity contribution in [2.75, 3.05) is 7.11 Å². The van der Waals surface area contributed by atoms with Crippen LogP contribution < -0.4 is 0 Å². The molecule has 1 aromatic heterocycles. The second-order valence-electron chi connectivity index (χ2n) is 1.92. The fraction of sp³-hybridized carbons (Fsp3) is 0.200. The van der Waals surface area contributed by atoms with Gasteiger partial charge in [0.15, 0.2) is 0 Å². The van der Waals surface area contributed by atoms with Gasteiger partial charge in [-0.1, -0.05) is 11.3 Å². The average molecular weight is 242 g/mol. The summed E-state index contributed by atoms with van der Waals surface area (Å²) in [7, 11) is 2.33. The van der Waals surface area contributed by atoms with Gasteiger partial charge in [0, 0.05) is 10.7 Å². The van der Waals surface area contributed by atoms with Gasteiger partial charge in [-0.3, -0.25) is 0 Å². The predicted octanol–water partition coefficient (Wildman–Crippen LogP) is 0.857. The molecule has 0 fully saturated rings. The Kier molecular flexibility index (Phi) is 2.89. The predicted molar refractivity (Wildman–Crippen MR) is 46.5 cm³/mol. The summed E-state index contributed by atoms with van der Waals surface area (Å²) in [5, 5.41) is 0. The number of halogens is 1. The zero-order valence-corrected chi connectivity index (χ0v) is 8.74. The Morgan fingerprint density at radius 3 is 2.69 bits per heavy atom. The molecular formula is C5H4ClNO4S2. The molecule has 1 heterocycles. The van der Waals surface area contributed by atoms with Crippen LogP contribution >= 0.6 is 22.0 Å². The summed E-state index contributed by atoms with van der Waals surface area (Å²) in [6.45, 7) is 0. The fourth-order valence-electron chi connectivity index (χ4n) is 0.566. The second-order valence-corrected chi connectivity index (χ2v) is 5.69. The van der Waals surface area contributed by atoms with Crippen molar-refractivity contribution >= 4 is 37.0 Å². The molecule has 0 bridgehead atoms. The fourth-order valence-corrected chi connectivity index (χ4v) is 2.38. The maximum absolute atomic E-state index is 10.9. The van der Waals surface area contributed by atoms with Crippen LogP contribution in [-0.4, -0.2) is 26.5 Å². The van der Waals surface area contributed by atoms with Crippen molar-refractivity contribution in [2.45, 2.75) is 4.34 Å². The summed E-state index contributed by atoms with van der Waals surface area (Å²) in [5.74, 6) is -0.635. The van der Waals surface area contributed by atoms with Crippen molar-refractivity contribution in [2.24, 2.45) is 0 Å². The van der Waals surface area contributed by atoms with Gasteiger partial charge in [0.2, 0.25) is 4.34 Å². The third-order valence-electron chi connectivity index (χ3n) is 1.08.